The van der Waals surface area contributed by atoms with E-state index in [1.54, 1.807) is 11.6 Å². The predicted octanol–water partition coefficient (Wildman–Crippen LogP) is 0.661. The summed E-state index contributed by atoms with van der Waals surface area (Å²) >= 11 is 0. The SMILES string of the molecule is Cc1nn(CCN(C)C)cc1[N+](=O)[O-]. The number of nitro groups is 1. The molecule has 0 saturated heterocycles. The first-order valence-corrected chi connectivity index (χ1v) is 4.34. The summed E-state index contributed by atoms with van der Waals surface area (Å²) < 4.78 is 1.60. The van der Waals surface area contributed by atoms with Crippen LogP contribution in [0.25, 0.3) is 0 Å². The first-order chi connectivity index (χ1) is 6.50. The maximum atomic E-state index is 10.5. The molecule has 0 bridgehead atoms. The summed E-state index contributed by atoms with van der Waals surface area (Å²) in [6.07, 6.45) is 1.47. The molecule has 0 amide bonds. The fraction of sp³-hybridized carbons (Fsp3) is 0.625. The van der Waals surface area contributed by atoms with Gasteiger partial charge in [-0.05, 0) is 21.0 Å². The van der Waals surface area contributed by atoms with Gasteiger partial charge in [-0.25, -0.2) is 0 Å². The van der Waals surface area contributed by atoms with E-state index in [2.05, 4.69) is 5.10 Å². The number of rotatable bonds is 4. The summed E-state index contributed by atoms with van der Waals surface area (Å²) in [6.45, 7) is 3.13. The minimum atomic E-state index is -0.408. The number of aryl methyl sites for hydroxylation is 1. The van der Waals surface area contributed by atoms with Crippen LogP contribution >= 0.6 is 0 Å². The van der Waals surface area contributed by atoms with Gasteiger partial charge in [-0.15, -0.1) is 0 Å². The van der Waals surface area contributed by atoms with Crippen molar-refractivity contribution in [3.63, 3.8) is 0 Å². The largest absolute Gasteiger partial charge is 0.309 e. The fourth-order valence-electron chi connectivity index (χ4n) is 1.10. The summed E-state index contributed by atoms with van der Waals surface area (Å²) in [4.78, 5) is 12.1. The maximum absolute atomic E-state index is 10.5. The van der Waals surface area contributed by atoms with E-state index in [1.807, 2.05) is 19.0 Å². The molecule has 0 N–H and O–H groups in total. The Morgan fingerprint density at radius 2 is 2.29 bits per heavy atom. The molecule has 0 aliphatic carbocycles. The highest BCUT2D eigenvalue weighted by Crippen LogP contribution is 2.14. The molecule has 0 radical (unpaired) electrons. The van der Waals surface area contributed by atoms with E-state index >= 15 is 0 Å². The molecule has 1 heterocycles. The minimum Gasteiger partial charge on any atom is -0.308 e. The lowest BCUT2D eigenvalue weighted by atomic mass is 10.4. The Bertz CT molecular complexity index is 332. The number of hydrogen-bond acceptors (Lipinski definition) is 4. The zero-order valence-corrected chi connectivity index (χ0v) is 8.60. The molecule has 0 saturated carbocycles. The Morgan fingerprint density at radius 3 is 2.71 bits per heavy atom. The lowest BCUT2D eigenvalue weighted by molar-refractivity contribution is -0.385. The first kappa shape index (κ1) is 10.6. The van der Waals surface area contributed by atoms with E-state index in [-0.39, 0.29) is 5.69 Å². The van der Waals surface area contributed by atoms with Crippen molar-refractivity contribution < 1.29 is 4.92 Å². The van der Waals surface area contributed by atoms with Gasteiger partial charge in [0.1, 0.15) is 11.9 Å². The maximum Gasteiger partial charge on any atom is 0.309 e. The highest BCUT2D eigenvalue weighted by Gasteiger charge is 2.14. The molecule has 1 rings (SSSR count). The van der Waals surface area contributed by atoms with Crippen LogP contribution in [0.4, 0.5) is 5.69 Å². The smallest absolute Gasteiger partial charge is 0.308 e. The average Bonchev–Trinajstić information content (AvgIpc) is 2.43. The molecular formula is C8H14N4O2. The van der Waals surface area contributed by atoms with Crippen molar-refractivity contribution in [1.82, 2.24) is 14.7 Å². The van der Waals surface area contributed by atoms with Crippen LogP contribution in [0, 0.1) is 17.0 Å². The summed E-state index contributed by atoms with van der Waals surface area (Å²) in [6, 6.07) is 0. The predicted molar refractivity (Wildman–Crippen MR) is 52.2 cm³/mol. The standard InChI is InChI=1S/C8H14N4O2/c1-7-8(12(13)14)6-11(9-7)5-4-10(2)3/h6H,4-5H2,1-3H3. The number of hydrogen-bond donors (Lipinski definition) is 0. The normalized spacial score (nSPS) is 10.9. The summed E-state index contributed by atoms with van der Waals surface area (Å²) in [7, 11) is 3.90. The number of likely N-dealkylation sites (N-methyl/N-ethyl adjacent to an activating group) is 1. The quantitative estimate of drug-likeness (QED) is 0.526. The molecule has 1 aromatic heterocycles. The van der Waals surface area contributed by atoms with Crippen molar-refractivity contribution in [2.75, 3.05) is 20.6 Å². The third kappa shape index (κ3) is 2.53. The second kappa shape index (κ2) is 4.19. The van der Waals surface area contributed by atoms with Crippen molar-refractivity contribution in [3.8, 4) is 0 Å². The zero-order valence-electron chi connectivity index (χ0n) is 8.60. The van der Waals surface area contributed by atoms with Crippen LogP contribution < -0.4 is 0 Å². The lowest BCUT2D eigenvalue weighted by Crippen LogP contribution is -2.18. The molecule has 0 unspecified atom stereocenters. The van der Waals surface area contributed by atoms with Crippen LogP contribution in [-0.4, -0.2) is 40.2 Å². The van der Waals surface area contributed by atoms with E-state index in [0.717, 1.165) is 6.54 Å². The second-order valence-electron chi connectivity index (χ2n) is 3.42. The highest BCUT2D eigenvalue weighted by molar-refractivity contribution is 5.30. The molecule has 0 aliphatic heterocycles. The van der Waals surface area contributed by atoms with E-state index in [9.17, 15) is 10.1 Å². The van der Waals surface area contributed by atoms with Crippen LogP contribution in [0.1, 0.15) is 5.69 Å². The van der Waals surface area contributed by atoms with Crippen molar-refractivity contribution >= 4 is 5.69 Å². The fourth-order valence-corrected chi connectivity index (χ4v) is 1.10. The van der Waals surface area contributed by atoms with Gasteiger partial charge in [0, 0.05) is 6.54 Å². The van der Waals surface area contributed by atoms with Gasteiger partial charge in [-0.1, -0.05) is 0 Å². The monoisotopic (exact) mass is 198 g/mol. The first-order valence-electron chi connectivity index (χ1n) is 4.34. The molecule has 6 nitrogen and oxygen atoms in total. The molecule has 0 spiro atoms. The van der Waals surface area contributed by atoms with Gasteiger partial charge in [-0.3, -0.25) is 14.8 Å². The van der Waals surface area contributed by atoms with Crippen molar-refractivity contribution in [2.24, 2.45) is 0 Å². The third-order valence-electron chi connectivity index (χ3n) is 1.89. The molecule has 78 valence electrons. The second-order valence-corrected chi connectivity index (χ2v) is 3.42. The Kier molecular flexibility index (Phi) is 3.19. The van der Waals surface area contributed by atoms with E-state index in [0.29, 0.717) is 12.2 Å². The molecule has 0 fully saturated rings. The van der Waals surface area contributed by atoms with Crippen molar-refractivity contribution in [3.05, 3.63) is 22.0 Å². The van der Waals surface area contributed by atoms with E-state index in [4.69, 9.17) is 0 Å². The highest BCUT2D eigenvalue weighted by atomic mass is 16.6. The topological polar surface area (TPSA) is 64.2 Å². The summed E-state index contributed by atoms with van der Waals surface area (Å²) in [5, 5.41) is 14.6. The Labute approximate surface area is 82.3 Å². The molecular weight excluding hydrogens is 184 g/mol. The van der Waals surface area contributed by atoms with Crippen LogP contribution in [0.5, 0.6) is 0 Å². The van der Waals surface area contributed by atoms with Gasteiger partial charge in [0.15, 0.2) is 0 Å². The van der Waals surface area contributed by atoms with E-state index in [1.165, 1.54) is 6.20 Å². The van der Waals surface area contributed by atoms with Crippen LogP contribution in [0.15, 0.2) is 6.20 Å². The number of aromatic nitrogens is 2. The van der Waals surface area contributed by atoms with Crippen molar-refractivity contribution in [2.45, 2.75) is 13.5 Å². The van der Waals surface area contributed by atoms with Gasteiger partial charge in [0.05, 0.1) is 11.5 Å². The van der Waals surface area contributed by atoms with Gasteiger partial charge in [0.2, 0.25) is 0 Å². The summed E-state index contributed by atoms with van der Waals surface area (Å²) in [5.41, 5.74) is 0.553. The molecule has 0 aliphatic rings. The lowest BCUT2D eigenvalue weighted by Gasteiger charge is -2.08. The van der Waals surface area contributed by atoms with E-state index < -0.39 is 4.92 Å². The number of nitrogens with zero attached hydrogens (tertiary/aromatic N) is 4. The average molecular weight is 198 g/mol. The molecule has 6 heteroatoms. The Morgan fingerprint density at radius 1 is 1.64 bits per heavy atom. The van der Waals surface area contributed by atoms with Gasteiger partial charge >= 0.3 is 5.69 Å². The van der Waals surface area contributed by atoms with Gasteiger partial charge < -0.3 is 4.90 Å². The van der Waals surface area contributed by atoms with Gasteiger partial charge in [-0.2, -0.15) is 5.10 Å². The van der Waals surface area contributed by atoms with Crippen molar-refractivity contribution in [1.29, 1.82) is 0 Å². The molecule has 1 aromatic rings. The molecule has 0 aromatic carbocycles. The van der Waals surface area contributed by atoms with Crippen LogP contribution in [0.3, 0.4) is 0 Å². The minimum absolute atomic E-state index is 0.0868. The Hall–Kier alpha value is -1.43. The summed E-state index contributed by atoms with van der Waals surface area (Å²) in [5.74, 6) is 0. The van der Waals surface area contributed by atoms with Gasteiger partial charge in [0.25, 0.3) is 0 Å². The van der Waals surface area contributed by atoms with Crippen LogP contribution in [-0.2, 0) is 6.54 Å². The van der Waals surface area contributed by atoms with Crippen LogP contribution in [0.2, 0.25) is 0 Å². The molecule has 14 heavy (non-hydrogen) atoms. The molecule has 0 atom stereocenters. The Balaban J connectivity index is 2.71. The zero-order chi connectivity index (χ0) is 10.7. The third-order valence-corrected chi connectivity index (χ3v) is 1.89.